The van der Waals surface area contributed by atoms with Gasteiger partial charge in [-0.2, -0.15) is 0 Å². The molecule has 0 rings (SSSR count). The number of rotatable bonds is 5. The van der Waals surface area contributed by atoms with Crippen molar-refractivity contribution in [2.75, 3.05) is 0 Å². The van der Waals surface area contributed by atoms with E-state index in [0.29, 0.717) is 12.3 Å². The molecule has 0 aliphatic rings. The SMILES string of the molecule is CC(=O)OC(CCC(C)C)C(=O)O. The Morgan fingerprint density at radius 1 is 1.31 bits per heavy atom. The molecule has 13 heavy (non-hydrogen) atoms. The van der Waals surface area contributed by atoms with Gasteiger partial charge in [-0.1, -0.05) is 13.8 Å². The topological polar surface area (TPSA) is 63.6 Å². The normalized spacial score (nSPS) is 12.6. The summed E-state index contributed by atoms with van der Waals surface area (Å²) in [6, 6.07) is 0. The van der Waals surface area contributed by atoms with Crippen LogP contribution in [0.1, 0.15) is 33.6 Å². The standard InChI is InChI=1S/C9H16O4/c1-6(2)4-5-8(9(11)12)13-7(3)10/h6,8H,4-5H2,1-3H3,(H,11,12). The highest BCUT2D eigenvalue weighted by atomic mass is 16.6. The van der Waals surface area contributed by atoms with Crippen LogP contribution in [0.2, 0.25) is 0 Å². The first kappa shape index (κ1) is 11.9. The first-order valence-corrected chi connectivity index (χ1v) is 4.33. The predicted octanol–water partition coefficient (Wildman–Crippen LogP) is 1.44. The van der Waals surface area contributed by atoms with E-state index < -0.39 is 18.0 Å². The summed E-state index contributed by atoms with van der Waals surface area (Å²) in [7, 11) is 0. The molecule has 0 aliphatic carbocycles. The lowest BCUT2D eigenvalue weighted by Gasteiger charge is -2.13. The number of aliphatic carboxylic acids is 1. The van der Waals surface area contributed by atoms with Gasteiger partial charge in [0.1, 0.15) is 0 Å². The molecule has 0 aromatic heterocycles. The molecule has 0 saturated heterocycles. The smallest absolute Gasteiger partial charge is 0.345 e. The van der Waals surface area contributed by atoms with Crippen molar-refractivity contribution >= 4 is 11.9 Å². The van der Waals surface area contributed by atoms with Crippen molar-refractivity contribution in [2.45, 2.75) is 39.7 Å². The van der Waals surface area contributed by atoms with Gasteiger partial charge in [-0.25, -0.2) is 4.79 Å². The van der Waals surface area contributed by atoms with Crippen LogP contribution in [0.25, 0.3) is 0 Å². The molecule has 76 valence electrons. The van der Waals surface area contributed by atoms with Crippen LogP contribution in [0.5, 0.6) is 0 Å². The average molecular weight is 188 g/mol. The zero-order chi connectivity index (χ0) is 10.4. The first-order valence-electron chi connectivity index (χ1n) is 4.33. The van der Waals surface area contributed by atoms with Crippen molar-refractivity contribution in [3.63, 3.8) is 0 Å². The zero-order valence-electron chi connectivity index (χ0n) is 8.24. The Balaban J connectivity index is 3.95. The third-order valence-corrected chi connectivity index (χ3v) is 1.59. The minimum absolute atomic E-state index is 0.382. The number of hydrogen-bond acceptors (Lipinski definition) is 3. The molecular weight excluding hydrogens is 172 g/mol. The minimum atomic E-state index is -1.07. The van der Waals surface area contributed by atoms with Crippen LogP contribution >= 0.6 is 0 Å². The maximum atomic E-state index is 10.6. The van der Waals surface area contributed by atoms with Crippen molar-refractivity contribution in [2.24, 2.45) is 5.92 Å². The van der Waals surface area contributed by atoms with Crippen molar-refractivity contribution < 1.29 is 19.4 Å². The van der Waals surface area contributed by atoms with Crippen molar-refractivity contribution in [3.05, 3.63) is 0 Å². The highest BCUT2D eigenvalue weighted by Crippen LogP contribution is 2.09. The summed E-state index contributed by atoms with van der Waals surface area (Å²) in [6.07, 6.45) is 0.136. The molecule has 1 N–H and O–H groups in total. The molecule has 0 amide bonds. The van der Waals surface area contributed by atoms with Gasteiger partial charge in [-0.3, -0.25) is 4.79 Å². The van der Waals surface area contributed by atoms with E-state index in [0.717, 1.165) is 6.42 Å². The monoisotopic (exact) mass is 188 g/mol. The molecule has 0 spiro atoms. The molecule has 4 nitrogen and oxygen atoms in total. The molecule has 0 heterocycles. The van der Waals surface area contributed by atoms with E-state index in [1.165, 1.54) is 6.92 Å². The van der Waals surface area contributed by atoms with Gasteiger partial charge in [0.05, 0.1) is 0 Å². The quantitative estimate of drug-likeness (QED) is 0.663. The van der Waals surface area contributed by atoms with E-state index >= 15 is 0 Å². The van der Waals surface area contributed by atoms with E-state index in [1.807, 2.05) is 13.8 Å². The summed E-state index contributed by atoms with van der Waals surface area (Å²) >= 11 is 0. The summed E-state index contributed by atoms with van der Waals surface area (Å²) in [6.45, 7) is 5.20. The fraction of sp³-hybridized carbons (Fsp3) is 0.778. The Hall–Kier alpha value is -1.06. The summed E-state index contributed by atoms with van der Waals surface area (Å²) in [5.41, 5.74) is 0. The number of ether oxygens (including phenoxy) is 1. The summed E-state index contributed by atoms with van der Waals surface area (Å²) in [5.74, 6) is -1.20. The van der Waals surface area contributed by atoms with Gasteiger partial charge in [-0.05, 0) is 18.8 Å². The second kappa shape index (κ2) is 5.56. The average Bonchev–Trinajstić information content (AvgIpc) is 1.96. The lowest BCUT2D eigenvalue weighted by Crippen LogP contribution is -2.26. The molecule has 0 fully saturated rings. The maximum absolute atomic E-state index is 10.6. The summed E-state index contributed by atoms with van der Waals surface area (Å²) < 4.78 is 4.62. The van der Waals surface area contributed by atoms with Gasteiger partial charge in [0, 0.05) is 6.92 Å². The molecular formula is C9H16O4. The first-order chi connectivity index (χ1) is 5.93. The fourth-order valence-corrected chi connectivity index (χ4v) is 0.918. The summed E-state index contributed by atoms with van der Waals surface area (Å²) in [5, 5.41) is 8.66. The largest absolute Gasteiger partial charge is 0.479 e. The maximum Gasteiger partial charge on any atom is 0.345 e. The van der Waals surface area contributed by atoms with E-state index in [-0.39, 0.29) is 0 Å². The molecule has 0 aromatic rings. The Morgan fingerprint density at radius 3 is 2.15 bits per heavy atom. The lowest BCUT2D eigenvalue weighted by atomic mass is 10.1. The Morgan fingerprint density at radius 2 is 1.85 bits per heavy atom. The number of carboxylic acids is 1. The molecule has 0 bridgehead atoms. The predicted molar refractivity (Wildman–Crippen MR) is 47.3 cm³/mol. The Bertz CT molecular complexity index is 186. The van der Waals surface area contributed by atoms with Crippen LogP contribution in [-0.2, 0) is 14.3 Å². The van der Waals surface area contributed by atoms with E-state index in [4.69, 9.17) is 5.11 Å². The molecule has 4 heteroatoms. The number of carboxylic acid groups (broad SMARTS) is 1. The van der Waals surface area contributed by atoms with Crippen LogP contribution in [0, 0.1) is 5.92 Å². The molecule has 0 aliphatic heterocycles. The zero-order valence-corrected chi connectivity index (χ0v) is 8.24. The van der Waals surface area contributed by atoms with E-state index in [1.54, 1.807) is 0 Å². The van der Waals surface area contributed by atoms with Gasteiger partial charge >= 0.3 is 11.9 Å². The third-order valence-electron chi connectivity index (χ3n) is 1.59. The van der Waals surface area contributed by atoms with Gasteiger partial charge in [0.25, 0.3) is 0 Å². The van der Waals surface area contributed by atoms with Crippen LogP contribution < -0.4 is 0 Å². The van der Waals surface area contributed by atoms with Gasteiger partial charge in [0.2, 0.25) is 0 Å². The van der Waals surface area contributed by atoms with Gasteiger partial charge in [0.15, 0.2) is 6.10 Å². The lowest BCUT2D eigenvalue weighted by molar-refractivity contribution is -0.163. The van der Waals surface area contributed by atoms with Crippen molar-refractivity contribution in [1.29, 1.82) is 0 Å². The Labute approximate surface area is 77.9 Å². The molecule has 1 atom stereocenters. The molecule has 1 unspecified atom stereocenters. The second-order valence-corrected chi connectivity index (χ2v) is 3.41. The van der Waals surface area contributed by atoms with E-state index in [9.17, 15) is 9.59 Å². The van der Waals surface area contributed by atoms with Crippen molar-refractivity contribution in [1.82, 2.24) is 0 Å². The van der Waals surface area contributed by atoms with Crippen LogP contribution in [0.15, 0.2) is 0 Å². The van der Waals surface area contributed by atoms with Crippen molar-refractivity contribution in [3.8, 4) is 0 Å². The number of esters is 1. The van der Waals surface area contributed by atoms with Gasteiger partial charge in [-0.15, -0.1) is 0 Å². The molecule has 0 radical (unpaired) electrons. The van der Waals surface area contributed by atoms with Gasteiger partial charge < -0.3 is 9.84 Å². The van der Waals surface area contributed by atoms with Crippen LogP contribution in [0.3, 0.4) is 0 Å². The molecule has 0 aromatic carbocycles. The highest BCUT2D eigenvalue weighted by molar-refractivity contribution is 5.76. The van der Waals surface area contributed by atoms with Crippen LogP contribution in [-0.4, -0.2) is 23.1 Å². The number of carbonyl (C=O) groups excluding carboxylic acids is 1. The summed E-state index contributed by atoms with van der Waals surface area (Å²) in [4.78, 5) is 21.1. The van der Waals surface area contributed by atoms with E-state index in [2.05, 4.69) is 4.74 Å². The van der Waals surface area contributed by atoms with Crippen LogP contribution in [0.4, 0.5) is 0 Å². The highest BCUT2D eigenvalue weighted by Gasteiger charge is 2.20. The minimum Gasteiger partial charge on any atom is -0.479 e. The number of hydrogen-bond donors (Lipinski definition) is 1. The molecule has 0 saturated carbocycles. The number of carbonyl (C=O) groups is 2. The second-order valence-electron chi connectivity index (χ2n) is 3.41. The third kappa shape index (κ3) is 6.13. The Kier molecular flexibility index (Phi) is 5.11. The fourth-order valence-electron chi connectivity index (χ4n) is 0.918.